The molecule has 2 heterocycles. The lowest BCUT2D eigenvalue weighted by atomic mass is 10.1. The van der Waals surface area contributed by atoms with Gasteiger partial charge in [-0.15, -0.1) is 0 Å². The minimum absolute atomic E-state index is 0.325. The monoisotopic (exact) mass is 248 g/mol. The summed E-state index contributed by atoms with van der Waals surface area (Å²) in [5.41, 5.74) is 1.09. The number of carboxylic acids is 1. The van der Waals surface area contributed by atoms with Gasteiger partial charge < -0.3 is 10.0 Å². The Morgan fingerprint density at radius 3 is 2.83 bits per heavy atom. The molecule has 0 saturated carbocycles. The first-order chi connectivity index (χ1) is 8.52. The highest BCUT2D eigenvalue weighted by atomic mass is 16.4. The summed E-state index contributed by atoms with van der Waals surface area (Å²) in [4.78, 5) is 17.9. The third kappa shape index (κ3) is 2.33. The van der Waals surface area contributed by atoms with Gasteiger partial charge in [-0.1, -0.05) is 6.92 Å². The molecule has 1 saturated heterocycles. The van der Waals surface area contributed by atoms with E-state index in [4.69, 9.17) is 5.11 Å². The molecule has 4 nitrogen and oxygen atoms in total. The van der Waals surface area contributed by atoms with E-state index < -0.39 is 5.97 Å². The fraction of sp³-hybridized carbons (Fsp3) is 0.571. The number of hydrogen-bond acceptors (Lipinski definition) is 3. The van der Waals surface area contributed by atoms with Crippen molar-refractivity contribution in [2.45, 2.75) is 52.1 Å². The van der Waals surface area contributed by atoms with Crippen LogP contribution in [0.15, 0.2) is 12.1 Å². The van der Waals surface area contributed by atoms with Gasteiger partial charge in [-0.25, -0.2) is 9.78 Å². The van der Waals surface area contributed by atoms with Crippen molar-refractivity contribution in [1.29, 1.82) is 0 Å². The van der Waals surface area contributed by atoms with Crippen LogP contribution in [0.5, 0.6) is 0 Å². The smallest absolute Gasteiger partial charge is 0.335 e. The van der Waals surface area contributed by atoms with Crippen LogP contribution >= 0.6 is 0 Å². The quantitative estimate of drug-likeness (QED) is 0.893. The van der Waals surface area contributed by atoms with Crippen molar-refractivity contribution in [3.63, 3.8) is 0 Å². The number of anilines is 1. The van der Waals surface area contributed by atoms with Gasteiger partial charge in [0.2, 0.25) is 0 Å². The molecule has 2 unspecified atom stereocenters. The number of pyridine rings is 1. The Balaban J connectivity index is 2.40. The molecule has 0 amide bonds. The van der Waals surface area contributed by atoms with Crippen LogP contribution in [0.3, 0.4) is 0 Å². The predicted octanol–water partition coefficient (Wildman–Crippen LogP) is 2.86. The van der Waals surface area contributed by atoms with Crippen LogP contribution in [0.1, 0.15) is 49.2 Å². The minimum Gasteiger partial charge on any atom is -0.478 e. The number of hydrogen-bond donors (Lipinski definition) is 1. The second-order valence-electron chi connectivity index (χ2n) is 5.06. The zero-order chi connectivity index (χ0) is 13.3. The molecule has 98 valence electrons. The zero-order valence-electron chi connectivity index (χ0n) is 11.2. The lowest BCUT2D eigenvalue weighted by Crippen LogP contribution is -2.35. The molecule has 0 aliphatic carbocycles. The van der Waals surface area contributed by atoms with Gasteiger partial charge in [0.1, 0.15) is 5.82 Å². The Hall–Kier alpha value is -1.58. The summed E-state index contributed by atoms with van der Waals surface area (Å²) in [5.74, 6) is -0.0779. The summed E-state index contributed by atoms with van der Waals surface area (Å²) in [6, 6.07) is 4.23. The maximum atomic E-state index is 11.1. The van der Waals surface area contributed by atoms with Gasteiger partial charge in [0, 0.05) is 17.8 Å². The van der Waals surface area contributed by atoms with Crippen molar-refractivity contribution in [1.82, 2.24) is 4.98 Å². The maximum absolute atomic E-state index is 11.1. The molecule has 4 heteroatoms. The van der Waals surface area contributed by atoms with E-state index in [0.717, 1.165) is 30.8 Å². The van der Waals surface area contributed by atoms with Gasteiger partial charge >= 0.3 is 5.97 Å². The van der Waals surface area contributed by atoms with Gasteiger partial charge in [-0.05, 0) is 45.2 Å². The van der Waals surface area contributed by atoms with Crippen LogP contribution in [-0.2, 0) is 0 Å². The van der Waals surface area contributed by atoms with Gasteiger partial charge in [0.25, 0.3) is 0 Å². The molecule has 2 atom stereocenters. The van der Waals surface area contributed by atoms with E-state index >= 15 is 0 Å². The first-order valence-corrected chi connectivity index (χ1v) is 6.53. The van der Waals surface area contributed by atoms with Crippen molar-refractivity contribution in [3.8, 4) is 0 Å². The third-order valence-corrected chi connectivity index (χ3v) is 3.71. The van der Waals surface area contributed by atoms with Gasteiger partial charge in [-0.3, -0.25) is 0 Å². The van der Waals surface area contributed by atoms with Crippen molar-refractivity contribution < 1.29 is 9.90 Å². The molecule has 1 aromatic heterocycles. The Labute approximate surface area is 108 Å². The van der Waals surface area contributed by atoms with E-state index in [9.17, 15) is 4.79 Å². The van der Waals surface area contributed by atoms with Crippen LogP contribution in [0.2, 0.25) is 0 Å². The van der Waals surface area contributed by atoms with Crippen molar-refractivity contribution >= 4 is 11.8 Å². The Morgan fingerprint density at radius 2 is 2.22 bits per heavy atom. The molecule has 1 N–H and O–H groups in total. The number of aromatic carboxylic acids is 1. The minimum atomic E-state index is -0.887. The average Bonchev–Trinajstić information content (AvgIpc) is 2.69. The topological polar surface area (TPSA) is 53.4 Å². The molecule has 1 aliphatic rings. The lowest BCUT2D eigenvalue weighted by Gasteiger charge is -2.29. The molecule has 2 rings (SSSR count). The largest absolute Gasteiger partial charge is 0.478 e. The number of aryl methyl sites for hydroxylation is 1. The highest BCUT2D eigenvalue weighted by Crippen LogP contribution is 2.31. The Bertz CT molecular complexity index is 459. The van der Waals surface area contributed by atoms with E-state index in [2.05, 4.69) is 23.7 Å². The molecule has 0 spiro atoms. The first-order valence-electron chi connectivity index (χ1n) is 6.53. The summed E-state index contributed by atoms with van der Waals surface area (Å²) in [6.07, 6.45) is 3.38. The summed E-state index contributed by atoms with van der Waals surface area (Å²) < 4.78 is 0. The zero-order valence-corrected chi connectivity index (χ0v) is 11.2. The SMILES string of the molecule is CCC1CCC(C)N1c1cc(C(=O)O)cc(C)n1. The number of aromatic nitrogens is 1. The Kier molecular flexibility index (Phi) is 3.55. The number of carboxylic acid groups (broad SMARTS) is 1. The average molecular weight is 248 g/mol. The molecule has 0 radical (unpaired) electrons. The van der Waals surface area contributed by atoms with Crippen LogP contribution in [0.25, 0.3) is 0 Å². The van der Waals surface area contributed by atoms with Crippen molar-refractivity contribution in [3.05, 3.63) is 23.4 Å². The third-order valence-electron chi connectivity index (χ3n) is 3.71. The number of carbonyl (C=O) groups is 1. The molecule has 1 fully saturated rings. The summed E-state index contributed by atoms with van der Waals surface area (Å²) in [7, 11) is 0. The lowest BCUT2D eigenvalue weighted by molar-refractivity contribution is 0.0696. The molecule has 0 bridgehead atoms. The number of nitrogens with zero attached hydrogens (tertiary/aromatic N) is 2. The molecule has 1 aliphatic heterocycles. The molecule has 18 heavy (non-hydrogen) atoms. The van der Waals surface area contributed by atoms with Gasteiger partial charge in [0.05, 0.1) is 5.56 Å². The highest BCUT2D eigenvalue weighted by Gasteiger charge is 2.30. The van der Waals surface area contributed by atoms with E-state index in [1.807, 2.05) is 6.92 Å². The van der Waals surface area contributed by atoms with Gasteiger partial charge in [-0.2, -0.15) is 0 Å². The first kappa shape index (κ1) is 12.9. The summed E-state index contributed by atoms with van der Waals surface area (Å²) >= 11 is 0. The molecule has 0 aromatic carbocycles. The standard InChI is InChI=1S/C14H20N2O2/c1-4-12-6-5-10(3)16(12)13-8-11(14(17)18)7-9(2)15-13/h7-8,10,12H,4-6H2,1-3H3,(H,17,18). The van der Waals surface area contributed by atoms with Crippen molar-refractivity contribution in [2.24, 2.45) is 0 Å². The number of rotatable bonds is 3. The maximum Gasteiger partial charge on any atom is 0.335 e. The van der Waals surface area contributed by atoms with Crippen LogP contribution in [0, 0.1) is 6.92 Å². The Morgan fingerprint density at radius 1 is 1.50 bits per heavy atom. The van der Waals surface area contributed by atoms with Crippen LogP contribution < -0.4 is 4.90 Å². The molecular weight excluding hydrogens is 228 g/mol. The molecular formula is C14H20N2O2. The van der Waals surface area contributed by atoms with E-state index in [1.165, 1.54) is 0 Å². The fourth-order valence-electron chi connectivity index (χ4n) is 2.79. The highest BCUT2D eigenvalue weighted by molar-refractivity contribution is 5.88. The normalized spacial score (nSPS) is 23.4. The molecule has 1 aromatic rings. The van der Waals surface area contributed by atoms with E-state index in [1.54, 1.807) is 12.1 Å². The van der Waals surface area contributed by atoms with Crippen LogP contribution in [-0.4, -0.2) is 28.1 Å². The summed E-state index contributed by atoms with van der Waals surface area (Å²) in [5, 5.41) is 9.12. The van der Waals surface area contributed by atoms with Gasteiger partial charge in [0.15, 0.2) is 0 Å². The second-order valence-corrected chi connectivity index (χ2v) is 5.06. The van der Waals surface area contributed by atoms with E-state index in [-0.39, 0.29) is 0 Å². The summed E-state index contributed by atoms with van der Waals surface area (Å²) in [6.45, 7) is 6.20. The fourth-order valence-corrected chi connectivity index (χ4v) is 2.79. The van der Waals surface area contributed by atoms with E-state index in [0.29, 0.717) is 17.6 Å². The second kappa shape index (κ2) is 4.96. The van der Waals surface area contributed by atoms with Crippen LogP contribution in [0.4, 0.5) is 5.82 Å². The predicted molar refractivity (Wildman–Crippen MR) is 71.2 cm³/mol. The van der Waals surface area contributed by atoms with Crippen molar-refractivity contribution in [2.75, 3.05) is 4.90 Å².